The standard InChI is InChI=1S/C9H12ClNO/c1-7(12)11-6-8-3-2-4-9(10)5-8/h4-5H,2-3,6H2,1H3,(H,11,12). The monoisotopic (exact) mass is 185 g/mol. The molecular weight excluding hydrogens is 174 g/mol. The first-order valence-electron chi connectivity index (χ1n) is 3.98. The molecule has 0 spiro atoms. The zero-order chi connectivity index (χ0) is 8.97. The lowest BCUT2D eigenvalue weighted by Gasteiger charge is -2.10. The van der Waals surface area contributed by atoms with Crippen LogP contribution in [0, 0.1) is 0 Å². The molecule has 0 aromatic heterocycles. The van der Waals surface area contributed by atoms with Crippen molar-refractivity contribution in [2.75, 3.05) is 6.54 Å². The van der Waals surface area contributed by atoms with Crippen LogP contribution >= 0.6 is 11.6 Å². The van der Waals surface area contributed by atoms with Gasteiger partial charge in [-0.15, -0.1) is 0 Å². The van der Waals surface area contributed by atoms with Crippen molar-refractivity contribution < 1.29 is 4.79 Å². The van der Waals surface area contributed by atoms with Gasteiger partial charge in [0.1, 0.15) is 0 Å². The topological polar surface area (TPSA) is 29.1 Å². The molecule has 0 aromatic carbocycles. The van der Waals surface area contributed by atoms with Gasteiger partial charge in [0.05, 0.1) is 0 Å². The van der Waals surface area contributed by atoms with E-state index in [1.54, 1.807) is 0 Å². The van der Waals surface area contributed by atoms with Gasteiger partial charge < -0.3 is 5.32 Å². The molecule has 0 bridgehead atoms. The normalized spacial score (nSPS) is 16.5. The predicted molar refractivity (Wildman–Crippen MR) is 49.9 cm³/mol. The van der Waals surface area contributed by atoms with Gasteiger partial charge in [-0.3, -0.25) is 4.79 Å². The van der Waals surface area contributed by atoms with Crippen molar-refractivity contribution >= 4 is 17.5 Å². The summed E-state index contributed by atoms with van der Waals surface area (Å²) < 4.78 is 0. The molecule has 1 amide bonds. The van der Waals surface area contributed by atoms with E-state index in [9.17, 15) is 4.79 Å². The van der Waals surface area contributed by atoms with E-state index in [0.29, 0.717) is 6.54 Å². The molecule has 1 aliphatic carbocycles. The lowest BCUT2D eigenvalue weighted by atomic mass is 10.1. The summed E-state index contributed by atoms with van der Waals surface area (Å²) in [5, 5.41) is 3.52. The Bertz CT molecular complexity index is 243. The number of carbonyl (C=O) groups excluding carboxylic acids is 1. The lowest BCUT2D eigenvalue weighted by Crippen LogP contribution is -2.22. The Kier molecular flexibility index (Phi) is 3.35. The third-order valence-corrected chi connectivity index (χ3v) is 1.97. The van der Waals surface area contributed by atoms with E-state index in [1.165, 1.54) is 12.5 Å². The van der Waals surface area contributed by atoms with Crippen LogP contribution in [0.25, 0.3) is 0 Å². The van der Waals surface area contributed by atoms with Gasteiger partial charge in [0, 0.05) is 18.5 Å². The molecule has 2 nitrogen and oxygen atoms in total. The molecule has 12 heavy (non-hydrogen) atoms. The number of carbonyl (C=O) groups is 1. The first kappa shape index (κ1) is 9.33. The fraction of sp³-hybridized carbons (Fsp3) is 0.444. The molecule has 0 aromatic rings. The third kappa shape index (κ3) is 3.09. The minimum atomic E-state index is 0.00146. The maximum absolute atomic E-state index is 10.6. The summed E-state index contributed by atoms with van der Waals surface area (Å²) >= 11 is 5.80. The number of nitrogens with one attached hydrogen (secondary N) is 1. The Hall–Kier alpha value is -0.760. The number of amides is 1. The molecule has 0 saturated carbocycles. The van der Waals surface area contributed by atoms with Gasteiger partial charge in [0.2, 0.25) is 5.91 Å². The summed E-state index contributed by atoms with van der Waals surface area (Å²) in [5.74, 6) is 0.00146. The van der Waals surface area contributed by atoms with Crippen LogP contribution in [0.5, 0.6) is 0 Å². The van der Waals surface area contributed by atoms with Gasteiger partial charge in [-0.25, -0.2) is 0 Å². The Morgan fingerprint density at radius 3 is 3.08 bits per heavy atom. The smallest absolute Gasteiger partial charge is 0.217 e. The summed E-state index contributed by atoms with van der Waals surface area (Å²) in [7, 11) is 0. The second-order valence-corrected chi connectivity index (χ2v) is 3.28. The zero-order valence-corrected chi connectivity index (χ0v) is 7.82. The largest absolute Gasteiger partial charge is 0.353 e. The van der Waals surface area contributed by atoms with Gasteiger partial charge in [0.25, 0.3) is 0 Å². The Morgan fingerprint density at radius 2 is 2.50 bits per heavy atom. The van der Waals surface area contributed by atoms with Crippen LogP contribution in [-0.4, -0.2) is 12.5 Å². The number of allylic oxidation sites excluding steroid dienone is 3. The molecule has 1 rings (SSSR count). The summed E-state index contributed by atoms with van der Waals surface area (Å²) in [4.78, 5) is 10.6. The zero-order valence-electron chi connectivity index (χ0n) is 7.06. The predicted octanol–water partition coefficient (Wildman–Crippen LogP) is 1.97. The van der Waals surface area contributed by atoms with Crippen LogP contribution in [0.1, 0.15) is 19.8 Å². The van der Waals surface area contributed by atoms with Crippen molar-refractivity contribution in [1.82, 2.24) is 5.32 Å². The number of hydrogen-bond donors (Lipinski definition) is 1. The summed E-state index contributed by atoms with van der Waals surface area (Å²) in [6.45, 7) is 2.14. The molecule has 0 fully saturated rings. The summed E-state index contributed by atoms with van der Waals surface area (Å²) in [6, 6.07) is 0. The van der Waals surface area contributed by atoms with Gasteiger partial charge >= 0.3 is 0 Å². The number of hydrogen-bond acceptors (Lipinski definition) is 1. The van der Waals surface area contributed by atoms with Crippen molar-refractivity contribution in [2.24, 2.45) is 0 Å². The molecule has 66 valence electrons. The molecule has 0 heterocycles. The van der Waals surface area contributed by atoms with Gasteiger partial charge in [-0.1, -0.05) is 17.7 Å². The third-order valence-electron chi connectivity index (χ3n) is 1.71. The van der Waals surface area contributed by atoms with E-state index in [1.807, 2.05) is 12.2 Å². The highest BCUT2D eigenvalue weighted by Gasteiger charge is 2.03. The van der Waals surface area contributed by atoms with Crippen molar-refractivity contribution in [3.8, 4) is 0 Å². The Labute approximate surface area is 77.3 Å². The van der Waals surface area contributed by atoms with E-state index >= 15 is 0 Å². The summed E-state index contributed by atoms with van der Waals surface area (Å²) in [5.41, 5.74) is 1.19. The van der Waals surface area contributed by atoms with Crippen LogP contribution < -0.4 is 5.32 Å². The second-order valence-electron chi connectivity index (χ2n) is 2.84. The Balaban J connectivity index is 2.42. The van der Waals surface area contributed by atoms with E-state index in [2.05, 4.69) is 5.32 Å². The van der Waals surface area contributed by atoms with Crippen molar-refractivity contribution in [1.29, 1.82) is 0 Å². The maximum atomic E-state index is 10.6. The number of halogens is 1. The second kappa shape index (κ2) is 4.31. The first-order chi connectivity index (χ1) is 5.68. The molecule has 0 unspecified atom stereocenters. The van der Waals surface area contributed by atoms with Crippen LogP contribution in [0.4, 0.5) is 0 Å². The number of rotatable bonds is 2. The van der Waals surface area contributed by atoms with Gasteiger partial charge in [0.15, 0.2) is 0 Å². The van der Waals surface area contributed by atoms with Crippen LogP contribution in [0.2, 0.25) is 0 Å². The fourth-order valence-corrected chi connectivity index (χ4v) is 1.36. The fourth-order valence-electron chi connectivity index (χ4n) is 1.10. The van der Waals surface area contributed by atoms with Gasteiger partial charge in [-0.05, 0) is 24.5 Å². The van der Waals surface area contributed by atoms with Crippen LogP contribution in [-0.2, 0) is 4.79 Å². The molecular formula is C9H12ClNO. The highest BCUT2D eigenvalue weighted by molar-refractivity contribution is 6.31. The highest BCUT2D eigenvalue weighted by atomic mass is 35.5. The van der Waals surface area contributed by atoms with E-state index in [-0.39, 0.29) is 5.91 Å². The molecule has 3 heteroatoms. The quantitative estimate of drug-likeness (QED) is 0.700. The lowest BCUT2D eigenvalue weighted by molar-refractivity contribution is -0.118. The van der Waals surface area contributed by atoms with E-state index in [0.717, 1.165) is 17.9 Å². The summed E-state index contributed by atoms with van der Waals surface area (Å²) in [6.07, 6.45) is 5.88. The van der Waals surface area contributed by atoms with Gasteiger partial charge in [-0.2, -0.15) is 0 Å². The van der Waals surface area contributed by atoms with Crippen molar-refractivity contribution in [2.45, 2.75) is 19.8 Å². The molecule has 0 atom stereocenters. The van der Waals surface area contributed by atoms with E-state index in [4.69, 9.17) is 11.6 Å². The van der Waals surface area contributed by atoms with Crippen molar-refractivity contribution in [3.63, 3.8) is 0 Å². The van der Waals surface area contributed by atoms with E-state index < -0.39 is 0 Å². The molecule has 1 N–H and O–H groups in total. The Morgan fingerprint density at radius 1 is 1.75 bits per heavy atom. The average molecular weight is 186 g/mol. The molecule has 1 aliphatic rings. The molecule has 0 radical (unpaired) electrons. The minimum Gasteiger partial charge on any atom is -0.353 e. The first-order valence-corrected chi connectivity index (χ1v) is 4.36. The molecule has 0 saturated heterocycles. The maximum Gasteiger partial charge on any atom is 0.217 e. The molecule has 0 aliphatic heterocycles. The average Bonchev–Trinajstić information content (AvgIpc) is 2.01. The van der Waals surface area contributed by atoms with Crippen molar-refractivity contribution in [3.05, 3.63) is 22.8 Å². The minimum absolute atomic E-state index is 0.00146. The van der Waals surface area contributed by atoms with Crippen LogP contribution in [0.15, 0.2) is 22.8 Å². The highest BCUT2D eigenvalue weighted by Crippen LogP contribution is 2.18. The SMILES string of the molecule is CC(=O)NCC1=CC(Cl)=CCC1. The van der Waals surface area contributed by atoms with Crippen LogP contribution in [0.3, 0.4) is 0 Å².